The van der Waals surface area contributed by atoms with E-state index in [1.165, 1.54) is 6.92 Å². The van der Waals surface area contributed by atoms with Crippen LogP contribution in [0.15, 0.2) is 0 Å². The fourth-order valence-electron chi connectivity index (χ4n) is 0.0676. The lowest BCUT2D eigenvalue weighted by Gasteiger charge is -2.14. The highest BCUT2D eigenvalue weighted by atomic mass is 32.1. The van der Waals surface area contributed by atoms with Crippen molar-refractivity contribution in [3.8, 4) is 0 Å². The van der Waals surface area contributed by atoms with Crippen LogP contribution in [0.4, 0.5) is 0 Å². The molecule has 0 radical (unpaired) electrons. The molecule has 0 aliphatic rings. The molecule has 0 rings (SSSR count). The van der Waals surface area contributed by atoms with Gasteiger partial charge in [-0.05, 0) is 20.8 Å². The molecule has 0 aliphatic carbocycles. The standard InChI is InChI=1S/C4H9NO2S.C4H11NS/c1-4(5,2-8)3(6)7;1-4(2,5)3-6/h8H,2,5H2,1H3,(H,6,7);6H,3,5H2,1-2H3. The van der Waals surface area contributed by atoms with E-state index in [1.807, 2.05) is 13.8 Å². The zero-order valence-corrected chi connectivity index (χ0v) is 10.6. The normalized spacial score (nSPS) is 15.1. The number of rotatable bonds is 3. The molecule has 14 heavy (non-hydrogen) atoms. The van der Waals surface area contributed by atoms with Crippen molar-refractivity contribution in [3.63, 3.8) is 0 Å². The van der Waals surface area contributed by atoms with Crippen LogP contribution in [0.2, 0.25) is 0 Å². The molecule has 0 bridgehead atoms. The molecule has 1 unspecified atom stereocenters. The fourth-order valence-corrected chi connectivity index (χ4v) is 0.203. The van der Waals surface area contributed by atoms with Gasteiger partial charge in [-0.25, -0.2) is 0 Å². The SMILES string of the molecule is CC(C)(N)CS.CC(N)(CS)C(=O)O. The molecule has 0 saturated carbocycles. The van der Waals surface area contributed by atoms with Crippen molar-refractivity contribution in [3.05, 3.63) is 0 Å². The number of carbonyl (C=O) groups is 1. The first kappa shape index (κ1) is 16.5. The Labute approximate surface area is 96.2 Å². The third-order valence-electron chi connectivity index (χ3n) is 1.22. The molecule has 0 heterocycles. The number of carboxylic acids is 1. The van der Waals surface area contributed by atoms with Gasteiger partial charge in [0.05, 0.1) is 0 Å². The van der Waals surface area contributed by atoms with E-state index in [0.29, 0.717) is 0 Å². The number of nitrogens with two attached hydrogens (primary N) is 2. The maximum Gasteiger partial charge on any atom is 0.324 e. The van der Waals surface area contributed by atoms with Gasteiger partial charge in [0, 0.05) is 17.0 Å². The molecular weight excluding hydrogens is 220 g/mol. The minimum absolute atomic E-state index is 0.0941. The summed E-state index contributed by atoms with van der Waals surface area (Å²) < 4.78 is 0. The van der Waals surface area contributed by atoms with Crippen LogP contribution in [0, 0.1) is 0 Å². The third-order valence-corrected chi connectivity index (χ3v) is 2.70. The first-order chi connectivity index (χ1) is 6.06. The van der Waals surface area contributed by atoms with Gasteiger partial charge in [-0.3, -0.25) is 4.79 Å². The van der Waals surface area contributed by atoms with Gasteiger partial charge in [0.2, 0.25) is 0 Å². The van der Waals surface area contributed by atoms with Crippen molar-refractivity contribution in [1.82, 2.24) is 0 Å². The predicted octanol–water partition coefficient (Wildman–Crippen LogP) is 0.372. The van der Waals surface area contributed by atoms with E-state index < -0.39 is 11.5 Å². The zero-order chi connectivity index (χ0) is 12.0. The maximum absolute atomic E-state index is 10.1. The second kappa shape index (κ2) is 6.55. The van der Waals surface area contributed by atoms with Gasteiger partial charge in [0.25, 0.3) is 0 Å². The van der Waals surface area contributed by atoms with Crippen LogP contribution in [0.25, 0.3) is 0 Å². The lowest BCUT2D eigenvalue weighted by Crippen LogP contribution is -2.46. The Morgan fingerprint density at radius 2 is 1.50 bits per heavy atom. The van der Waals surface area contributed by atoms with E-state index in [4.69, 9.17) is 16.6 Å². The number of thiol groups is 2. The monoisotopic (exact) mass is 240 g/mol. The summed E-state index contributed by atoms with van der Waals surface area (Å²) in [5.74, 6) is -0.123. The molecule has 5 N–H and O–H groups in total. The molecule has 0 aromatic rings. The summed E-state index contributed by atoms with van der Waals surface area (Å²) in [4.78, 5) is 10.1. The van der Waals surface area contributed by atoms with Crippen LogP contribution in [-0.2, 0) is 4.79 Å². The van der Waals surface area contributed by atoms with Crippen molar-refractivity contribution >= 4 is 31.2 Å². The molecular formula is C8H20N2O2S2. The minimum atomic E-state index is -1.18. The molecule has 1 atom stereocenters. The van der Waals surface area contributed by atoms with Crippen molar-refractivity contribution in [2.45, 2.75) is 31.8 Å². The van der Waals surface area contributed by atoms with Crippen LogP contribution < -0.4 is 11.5 Å². The van der Waals surface area contributed by atoms with Gasteiger partial charge in [-0.15, -0.1) is 0 Å². The predicted molar refractivity (Wildman–Crippen MR) is 66.2 cm³/mol. The van der Waals surface area contributed by atoms with Gasteiger partial charge in [0.15, 0.2) is 0 Å². The van der Waals surface area contributed by atoms with Crippen LogP contribution in [0.5, 0.6) is 0 Å². The van der Waals surface area contributed by atoms with Gasteiger partial charge >= 0.3 is 5.97 Å². The van der Waals surface area contributed by atoms with E-state index in [0.717, 1.165) is 5.75 Å². The van der Waals surface area contributed by atoms with Crippen LogP contribution >= 0.6 is 25.3 Å². The Morgan fingerprint density at radius 3 is 1.50 bits per heavy atom. The highest BCUT2D eigenvalue weighted by Crippen LogP contribution is 1.99. The summed E-state index contributed by atoms with van der Waals surface area (Å²) in [5.41, 5.74) is 9.37. The van der Waals surface area contributed by atoms with Crippen LogP contribution in [-0.4, -0.2) is 33.7 Å². The van der Waals surface area contributed by atoms with E-state index in [1.54, 1.807) is 0 Å². The van der Waals surface area contributed by atoms with Crippen LogP contribution in [0.3, 0.4) is 0 Å². The van der Waals surface area contributed by atoms with E-state index >= 15 is 0 Å². The Bertz CT molecular complexity index is 179. The second-order valence-electron chi connectivity index (χ2n) is 4.03. The molecule has 0 spiro atoms. The Balaban J connectivity index is 0. The average molecular weight is 240 g/mol. The lowest BCUT2D eigenvalue weighted by molar-refractivity contribution is -0.141. The quantitative estimate of drug-likeness (QED) is 0.461. The molecule has 4 nitrogen and oxygen atoms in total. The maximum atomic E-state index is 10.1. The Kier molecular flexibility index (Phi) is 7.73. The van der Waals surface area contributed by atoms with Gasteiger partial charge in [0.1, 0.15) is 5.54 Å². The van der Waals surface area contributed by atoms with Crippen LogP contribution in [0.1, 0.15) is 20.8 Å². The highest BCUT2D eigenvalue weighted by molar-refractivity contribution is 7.80. The smallest absolute Gasteiger partial charge is 0.324 e. The van der Waals surface area contributed by atoms with E-state index in [2.05, 4.69) is 25.3 Å². The summed E-state index contributed by atoms with van der Waals surface area (Å²) in [6, 6.07) is 0. The van der Waals surface area contributed by atoms with Gasteiger partial charge in [-0.1, -0.05) is 0 Å². The molecule has 0 saturated heterocycles. The van der Waals surface area contributed by atoms with Crippen molar-refractivity contribution in [2.75, 3.05) is 11.5 Å². The number of hydrogen-bond acceptors (Lipinski definition) is 5. The van der Waals surface area contributed by atoms with Gasteiger partial charge < -0.3 is 16.6 Å². The molecule has 0 fully saturated rings. The average Bonchev–Trinajstić information content (AvgIpc) is 2.04. The third kappa shape index (κ3) is 10.2. The second-order valence-corrected chi connectivity index (χ2v) is 4.66. The summed E-state index contributed by atoms with van der Waals surface area (Å²) in [6.07, 6.45) is 0. The number of carboxylic acid groups (broad SMARTS) is 1. The summed E-state index contributed by atoms with van der Waals surface area (Å²) in [6.45, 7) is 5.31. The Hall–Kier alpha value is 0.0900. The van der Waals surface area contributed by atoms with Crippen molar-refractivity contribution in [1.29, 1.82) is 0 Å². The van der Waals surface area contributed by atoms with Gasteiger partial charge in [-0.2, -0.15) is 25.3 Å². The summed E-state index contributed by atoms with van der Waals surface area (Å²) in [7, 11) is 0. The van der Waals surface area contributed by atoms with Crippen molar-refractivity contribution in [2.24, 2.45) is 11.5 Å². The summed E-state index contributed by atoms with van der Waals surface area (Å²) >= 11 is 7.71. The molecule has 0 aromatic carbocycles. The highest BCUT2D eigenvalue weighted by Gasteiger charge is 2.25. The number of hydrogen-bond donors (Lipinski definition) is 5. The first-order valence-corrected chi connectivity index (χ1v) is 5.36. The van der Waals surface area contributed by atoms with Crippen molar-refractivity contribution < 1.29 is 9.90 Å². The molecule has 0 amide bonds. The zero-order valence-electron chi connectivity index (χ0n) is 8.82. The Morgan fingerprint density at radius 1 is 1.21 bits per heavy atom. The molecule has 86 valence electrons. The number of aliphatic carboxylic acids is 1. The largest absolute Gasteiger partial charge is 0.480 e. The minimum Gasteiger partial charge on any atom is -0.480 e. The first-order valence-electron chi connectivity index (χ1n) is 4.09. The molecule has 0 aromatic heterocycles. The molecule has 0 aliphatic heterocycles. The topological polar surface area (TPSA) is 89.3 Å². The summed E-state index contributed by atoms with van der Waals surface area (Å²) in [5, 5.41) is 8.27. The lowest BCUT2D eigenvalue weighted by atomic mass is 10.1. The van der Waals surface area contributed by atoms with E-state index in [9.17, 15) is 4.79 Å². The molecule has 6 heteroatoms. The van der Waals surface area contributed by atoms with E-state index in [-0.39, 0.29) is 11.3 Å². The fraction of sp³-hybridized carbons (Fsp3) is 0.875.